The number of esters is 1. The SMILES string of the molecule is CCOC(=O)C1CCN(CC(=O)Nc2cc(C(F)(F)F)ccc2N2CCOCC2)CC1. The second-order valence-electron chi connectivity index (χ2n) is 7.68. The summed E-state index contributed by atoms with van der Waals surface area (Å²) in [6.45, 7) is 5.28. The van der Waals surface area contributed by atoms with Crippen molar-refractivity contribution in [1.82, 2.24) is 4.90 Å². The average molecular weight is 443 g/mol. The molecule has 31 heavy (non-hydrogen) atoms. The molecule has 10 heteroatoms. The van der Waals surface area contributed by atoms with Crippen LogP contribution in [-0.4, -0.2) is 69.3 Å². The van der Waals surface area contributed by atoms with Gasteiger partial charge in [-0.15, -0.1) is 0 Å². The highest BCUT2D eigenvalue weighted by atomic mass is 19.4. The van der Waals surface area contributed by atoms with E-state index in [1.165, 1.54) is 6.07 Å². The first-order chi connectivity index (χ1) is 14.8. The molecule has 2 aliphatic heterocycles. The zero-order chi connectivity index (χ0) is 22.4. The zero-order valence-corrected chi connectivity index (χ0v) is 17.5. The molecule has 2 heterocycles. The summed E-state index contributed by atoms with van der Waals surface area (Å²) in [6.07, 6.45) is -3.32. The number of hydrogen-bond acceptors (Lipinski definition) is 6. The number of nitrogens with one attached hydrogen (secondary N) is 1. The number of benzene rings is 1. The Kier molecular flexibility index (Phi) is 7.77. The summed E-state index contributed by atoms with van der Waals surface area (Å²) in [6, 6.07) is 3.41. The van der Waals surface area contributed by atoms with Crippen LogP contribution in [0.15, 0.2) is 18.2 Å². The lowest BCUT2D eigenvalue weighted by Gasteiger charge is -2.32. The number of carbonyl (C=O) groups excluding carboxylic acids is 2. The molecule has 0 aliphatic carbocycles. The summed E-state index contributed by atoms with van der Waals surface area (Å²) in [7, 11) is 0. The zero-order valence-electron chi connectivity index (χ0n) is 17.5. The van der Waals surface area contributed by atoms with E-state index in [0.717, 1.165) is 12.1 Å². The third kappa shape index (κ3) is 6.33. The normalized spacial score (nSPS) is 18.6. The molecule has 3 rings (SSSR count). The molecule has 7 nitrogen and oxygen atoms in total. The number of nitrogens with zero attached hydrogens (tertiary/aromatic N) is 2. The van der Waals surface area contributed by atoms with Crippen LogP contribution in [-0.2, 0) is 25.2 Å². The highest BCUT2D eigenvalue weighted by Gasteiger charge is 2.32. The summed E-state index contributed by atoms with van der Waals surface area (Å²) in [5.41, 5.74) is -0.121. The van der Waals surface area contributed by atoms with Crippen LogP contribution in [0.3, 0.4) is 0 Å². The number of morpholine rings is 1. The lowest BCUT2D eigenvalue weighted by atomic mass is 9.97. The number of carbonyl (C=O) groups is 2. The number of piperidine rings is 1. The number of alkyl halides is 3. The van der Waals surface area contributed by atoms with Gasteiger partial charge in [-0.05, 0) is 51.1 Å². The Labute approximate surface area is 179 Å². The van der Waals surface area contributed by atoms with Crippen molar-refractivity contribution in [3.8, 4) is 0 Å². The first-order valence-corrected chi connectivity index (χ1v) is 10.5. The lowest BCUT2D eigenvalue weighted by Crippen LogP contribution is -2.41. The largest absolute Gasteiger partial charge is 0.466 e. The Balaban J connectivity index is 1.65. The van der Waals surface area contributed by atoms with Crippen molar-refractivity contribution >= 4 is 23.3 Å². The third-order valence-electron chi connectivity index (χ3n) is 5.52. The number of ether oxygens (including phenoxy) is 2. The van der Waals surface area contributed by atoms with Gasteiger partial charge in [-0.3, -0.25) is 14.5 Å². The van der Waals surface area contributed by atoms with Crippen molar-refractivity contribution in [2.45, 2.75) is 25.9 Å². The van der Waals surface area contributed by atoms with E-state index in [2.05, 4.69) is 5.32 Å². The maximum atomic E-state index is 13.2. The standard InChI is InChI=1S/C21H28F3N3O4/c1-2-31-20(29)15-5-7-26(8-6-15)14-19(28)25-17-13-16(21(22,23)24)3-4-18(17)27-9-11-30-12-10-27/h3-4,13,15H,2,5-12,14H2,1H3,(H,25,28). The minimum absolute atomic E-state index is 0.0499. The summed E-state index contributed by atoms with van der Waals surface area (Å²) in [5, 5.41) is 2.67. The van der Waals surface area contributed by atoms with E-state index in [1.807, 2.05) is 9.80 Å². The van der Waals surface area contributed by atoms with E-state index in [4.69, 9.17) is 9.47 Å². The molecule has 1 amide bonds. The maximum Gasteiger partial charge on any atom is 0.416 e. The van der Waals surface area contributed by atoms with Crippen molar-refractivity contribution in [2.24, 2.45) is 5.92 Å². The molecule has 172 valence electrons. The van der Waals surface area contributed by atoms with E-state index in [1.54, 1.807) is 6.92 Å². The van der Waals surface area contributed by atoms with Gasteiger partial charge in [-0.1, -0.05) is 0 Å². The first-order valence-electron chi connectivity index (χ1n) is 10.5. The first kappa shape index (κ1) is 23.3. The van der Waals surface area contributed by atoms with Gasteiger partial charge in [0.15, 0.2) is 0 Å². The Morgan fingerprint density at radius 2 is 1.84 bits per heavy atom. The van der Waals surface area contributed by atoms with Crippen LogP contribution in [0.4, 0.5) is 24.5 Å². The fourth-order valence-electron chi connectivity index (χ4n) is 3.87. The summed E-state index contributed by atoms with van der Waals surface area (Å²) in [4.78, 5) is 28.3. The number of amides is 1. The van der Waals surface area contributed by atoms with Gasteiger partial charge in [0.05, 0.1) is 49.2 Å². The molecular formula is C21H28F3N3O4. The molecule has 1 aromatic carbocycles. The fourth-order valence-corrected chi connectivity index (χ4v) is 3.87. The van der Waals surface area contributed by atoms with Gasteiger partial charge in [0.25, 0.3) is 0 Å². The number of anilines is 2. The Morgan fingerprint density at radius 1 is 1.16 bits per heavy atom. The summed E-state index contributed by atoms with van der Waals surface area (Å²) >= 11 is 0. The van der Waals surface area contributed by atoms with Gasteiger partial charge < -0.3 is 19.7 Å². The summed E-state index contributed by atoms with van der Waals surface area (Å²) < 4.78 is 50.0. The van der Waals surface area contributed by atoms with Gasteiger partial charge in [0, 0.05) is 13.1 Å². The number of rotatable bonds is 6. The molecule has 0 bridgehead atoms. The second-order valence-corrected chi connectivity index (χ2v) is 7.68. The molecule has 0 unspecified atom stereocenters. The van der Waals surface area contributed by atoms with E-state index in [0.29, 0.717) is 64.5 Å². The number of hydrogen-bond donors (Lipinski definition) is 1. The van der Waals surface area contributed by atoms with Crippen LogP contribution >= 0.6 is 0 Å². The second kappa shape index (κ2) is 10.3. The average Bonchev–Trinajstić information content (AvgIpc) is 2.74. The van der Waals surface area contributed by atoms with E-state index in [-0.39, 0.29) is 30.0 Å². The number of likely N-dealkylation sites (tertiary alicyclic amines) is 1. The van der Waals surface area contributed by atoms with Gasteiger partial charge in [-0.2, -0.15) is 13.2 Å². The molecular weight excluding hydrogens is 415 g/mol. The van der Waals surface area contributed by atoms with Crippen LogP contribution in [0.5, 0.6) is 0 Å². The van der Waals surface area contributed by atoms with E-state index in [9.17, 15) is 22.8 Å². The van der Waals surface area contributed by atoms with E-state index < -0.39 is 11.7 Å². The third-order valence-corrected chi connectivity index (χ3v) is 5.52. The summed E-state index contributed by atoms with van der Waals surface area (Å²) in [5.74, 6) is -0.773. The topological polar surface area (TPSA) is 71.1 Å². The van der Waals surface area contributed by atoms with Crippen molar-refractivity contribution in [2.75, 3.05) is 62.8 Å². The smallest absolute Gasteiger partial charge is 0.416 e. The predicted octanol–water partition coefficient (Wildman–Crippen LogP) is 2.76. The molecule has 0 atom stereocenters. The Morgan fingerprint density at radius 3 is 2.45 bits per heavy atom. The minimum Gasteiger partial charge on any atom is -0.466 e. The molecule has 2 saturated heterocycles. The molecule has 0 saturated carbocycles. The van der Waals surface area contributed by atoms with E-state index >= 15 is 0 Å². The lowest BCUT2D eigenvalue weighted by molar-refractivity contribution is -0.149. The molecule has 0 aromatic heterocycles. The monoisotopic (exact) mass is 443 g/mol. The van der Waals surface area contributed by atoms with Gasteiger partial charge in [0.1, 0.15) is 0 Å². The van der Waals surface area contributed by atoms with Crippen LogP contribution < -0.4 is 10.2 Å². The Bertz CT molecular complexity index is 774. The van der Waals surface area contributed by atoms with Crippen LogP contribution in [0.25, 0.3) is 0 Å². The Hall–Kier alpha value is -2.33. The molecule has 0 spiro atoms. The van der Waals surface area contributed by atoms with Gasteiger partial charge >= 0.3 is 12.1 Å². The molecule has 1 aromatic rings. The van der Waals surface area contributed by atoms with Crippen LogP contribution in [0.1, 0.15) is 25.3 Å². The van der Waals surface area contributed by atoms with Crippen molar-refractivity contribution < 1.29 is 32.2 Å². The quantitative estimate of drug-likeness (QED) is 0.682. The number of halogens is 3. The predicted molar refractivity (Wildman–Crippen MR) is 109 cm³/mol. The van der Waals surface area contributed by atoms with Crippen molar-refractivity contribution in [1.29, 1.82) is 0 Å². The molecule has 0 radical (unpaired) electrons. The molecule has 2 aliphatic rings. The minimum atomic E-state index is -4.50. The van der Waals surface area contributed by atoms with Gasteiger partial charge in [-0.25, -0.2) is 0 Å². The van der Waals surface area contributed by atoms with Crippen molar-refractivity contribution in [3.05, 3.63) is 23.8 Å². The van der Waals surface area contributed by atoms with Crippen LogP contribution in [0, 0.1) is 5.92 Å². The van der Waals surface area contributed by atoms with Gasteiger partial charge in [0.2, 0.25) is 5.91 Å². The molecule has 1 N–H and O–H groups in total. The van der Waals surface area contributed by atoms with Crippen molar-refractivity contribution in [3.63, 3.8) is 0 Å². The van der Waals surface area contributed by atoms with Crippen LogP contribution in [0.2, 0.25) is 0 Å². The highest BCUT2D eigenvalue weighted by Crippen LogP contribution is 2.35. The molecule has 2 fully saturated rings. The highest BCUT2D eigenvalue weighted by molar-refractivity contribution is 5.96. The maximum absolute atomic E-state index is 13.2. The fraction of sp³-hybridized carbons (Fsp3) is 0.619.